The van der Waals surface area contributed by atoms with Gasteiger partial charge in [-0.15, -0.1) is 11.8 Å². The van der Waals surface area contributed by atoms with E-state index in [-0.39, 0.29) is 22.9 Å². The number of carbonyl (C=O) groups is 2. The van der Waals surface area contributed by atoms with E-state index in [1.54, 1.807) is 25.2 Å². The molecule has 0 aliphatic carbocycles. The van der Waals surface area contributed by atoms with E-state index < -0.39 is 10.9 Å². The number of non-ortho nitro benzene ring substituents is 1. The number of benzene rings is 2. The number of hydrogen-bond acceptors (Lipinski definition) is 5. The van der Waals surface area contributed by atoms with Crippen LogP contribution in [0.15, 0.2) is 53.4 Å². The normalized spacial score (nSPS) is 10.2. The van der Waals surface area contributed by atoms with Crippen LogP contribution < -0.4 is 4.90 Å². The largest absolute Gasteiger partial charge is 0.478 e. The van der Waals surface area contributed by atoms with E-state index >= 15 is 0 Å². The first kappa shape index (κ1) is 17.5. The standard InChI is InChI=1S/C16H14N2O5S/c1-17(11-6-8-12(9-7-11)18(22)23)15(19)10-24-14-5-3-2-4-13(14)16(20)21/h2-9H,10H2,1H3,(H,20,21). The van der Waals surface area contributed by atoms with Gasteiger partial charge in [0.25, 0.3) is 5.69 Å². The van der Waals surface area contributed by atoms with Crippen molar-refractivity contribution in [2.75, 3.05) is 17.7 Å². The molecule has 24 heavy (non-hydrogen) atoms. The Morgan fingerprint density at radius 2 is 1.79 bits per heavy atom. The quantitative estimate of drug-likeness (QED) is 0.490. The third kappa shape index (κ3) is 4.11. The second kappa shape index (κ2) is 7.60. The fraction of sp³-hybridized carbons (Fsp3) is 0.125. The van der Waals surface area contributed by atoms with Crippen molar-refractivity contribution < 1.29 is 19.6 Å². The van der Waals surface area contributed by atoms with Crippen LogP contribution in [0.5, 0.6) is 0 Å². The Labute approximate surface area is 142 Å². The van der Waals surface area contributed by atoms with Crippen LogP contribution in [-0.4, -0.2) is 34.7 Å². The lowest BCUT2D eigenvalue weighted by Gasteiger charge is -2.17. The number of nitro benzene ring substituents is 1. The highest BCUT2D eigenvalue weighted by Crippen LogP contribution is 2.24. The number of carboxylic acids is 1. The van der Waals surface area contributed by atoms with Crippen LogP contribution in [0.1, 0.15) is 10.4 Å². The van der Waals surface area contributed by atoms with Gasteiger partial charge in [0.1, 0.15) is 0 Å². The maximum atomic E-state index is 12.2. The lowest BCUT2D eigenvalue weighted by molar-refractivity contribution is -0.384. The molecule has 0 aliphatic heterocycles. The summed E-state index contributed by atoms with van der Waals surface area (Å²) in [6, 6.07) is 12.1. The second-order valence-corrected chi connectivity index (χ2v) is 5.83. The highest BCUT2D eigenvalue weighted by Gasteiger charge is 2.15. The Balaban J connectivity index is 2.04. The molecule has 0 saturated heterocycles. The molecule has 2 aromatic rings. The molecule has 124 valence electrons. The van der Waals surface area contributed by atoms with Crippen LogP contribution in [0.25, 0.3) is 0 Å². The second-order valence-electron chi connectivity index (χ2n) is 4.82. The molecule has 0 fully saturated rings. The highest BCUT2D eigenvalue weighted by molar-refractivity contribution is 8.00. The molecule has 1 N–H and O–H groups in total. The molecule has 7 nitrogen and oxygen atoms in total. The molecule has 0 bridgehead atoms. The van der Waals surface area contributed by atoms with Crippen molar-refractivity contribution in [1.82, 2.24) is 0 Å². The van der Waals surface area contributed by atoms with E-state index in [2.05, 4.69) is 0 Å². The molecule has 0 aromatic heterocycles. The first-order valence-electron chi connectivity index (χ1n) is 6.86. The maximum Gasteiger partial charge on any atom is 0.336 e. The Morgan fingerprint density at radius 1 is 1.17 bits per heavy atom. The molecule has 0 unspecified atom stereocenters. The monoisotopic (exact) mass is 346 g/mol. The predicted octanol–water partition coefficient (Wildman–Crippen LogP) is 3.05. The average molecular weight is 346 g/mol. The summed E-state index contributed by atoms with van der Waals surface area (Å²) in [5.41, 5.74) is 0.621. The van der Waals surface area contributed by atoms with Gasteiger partial charge in [-0.2, -0.15) is 0 Å². The van der Waals surface area contributed by atoms with Crippen LogP contribution in [0, 0.1) is 10.1 Å². The van der Waals surface area contributed by atoms with Gasteiger partial charge >= 0.3 is 5.97 Å². The number of nitrogens with zero attached hydrogens (tertiary/aromatic N) is 2. The molecule has 2 rings (SSSR count). The van der Waals surface area contributed by atoms with Gasteiger partial charge in [0, 0.05) is 29.8 Å². The number of nitro groups is 1. The summed E-state index contributed by atoms with van der Waals surface area (Å²) in [6.07, 6.45) is 0. The van der Waals surface area contributed by atoms with Crippen molar-refractivity contribution in [2.45, 2.75) is 4.90 Å². The number of amides is 1. The molecular formula is C16H14N2O5S. The molecule has 0 aliphatic rings. The highest BCUT2D eigenvalue weighted by atomic mass is 32.2. The number of thioether (sulfide) groups is 1. The summed E-state index contributed by atoms with van der Waals surface area (Å²) < 4.78 is 0. The van der Waals surface area contributed by atoms with Gasteiger partial charge in [0.15, 0.2) is 0 Å². The zero-order chi connectivity index (χ0) is 17.7. The van der Waals surface area contributed by atoms with Gasteiger partial charge in [0.05, 0.1) is 16.2 Å². The fourth-order valence-corrected chi connectivity index (χ4v) is 2.91. The molecule has 0 spiro atoms. The van der Waals surface area contributed by atoms with Crippen molar-refractivity contribution in [2.24, 2.45) is 0 Å². The minimum atomic E-state index is -1.05. The van der Waals surface area contributed by atoms with Gasteiger partial charge in [0.2, 0.25) is 5.91 Å². The Morgan fingerprint density at radius 3 is 2.38 bits per heavy atom. The number of anilines is 1. The number of carbonyl (C=O) groups excluding carboxylic acids is 1. The lowest BCUT2D eigenvalue weighted by Crippen LogP contribution is -2.27. The Bertz CT molecular complexity index is 776. The van der Waals surface area contributed by atoms with Crippen molar-refractivity contribution in [3.8, 4) is 0 Å². The van der Waals surface area contributed by atoms with Gasteiger partial charge in [-0.05, 0) is 24.3 Å². The van der Waals surface area contributed by atoms with E-state index in [9.17, 15) is 19.7 Å². The van der Waals surface area contributed by atoms with Gasteiger partial charge in [-0.25, -0.2) is 4.79 Å². The van der Waals surface area contributed by atoms with Crippen molar-refractivity contribution in [3.05, 3.63) is 64.2 Å². The molecule has 0 saturated carbocycles. The van der Waals surface area contributed by atoms with E-state index in [4.69, 9.17) is 5.11 Å². The van der Waals surface area contributed by atoms with Crippen LogP contribution >= 0.6 is 11.8 Å². The van der Waals surface area contributed by atoms with Crippen LogP contribution in [0.2, 0.25) is 0 Å². The molecule has 0 heterocycles. The molecule has 0 radical (unpaired) electrons. The Hall–Kier alpha value is -2.87. The van der Waals surface area contributed by atoms with Crippen molar-refractivity contribution in [3.63, 3.8) is 0 Å². The summed E-state index contributed by atoms with van der Waals surface area (Å²) in [6.45, 7) is 0. The van der Waals surface area contributed by atoms with E-state index in [1.807, 2.05) is 0 Å². The summed E-state index contributed by atoms with van der Waals surface area (Å²) in [5, 5.41) is 19.8. The predicted molar refractivity (Wildman–Crippen MR) is 90.6 cm³/mol. The number of hydrogen-bond donors (Lipinski definition) is 1. The first-order valence-corrected chi connectivity index (χ1v) is 7.85. The molecule has 2 aromatic carbocycles. The van der Waals surface area contributed by atoms with Crippen molar-refractivity contribution in [1.29, 1.82) is 0 Å². The topological polar surface area (TPSA) is 101 Å². The maximum absolute atomic E-state index is 12.2. The first-order chi connectivity index (χ1) is 11.4. The lowest BCUT2D eigenvalue weighted by atomic mass is 10.2. The number of carboxylic acid groups (broad SMARTS) is 1. The fourth-order valence-electron chi connectivity index (χ4n) is 1.95. The molecular weight excluding hydrogens is 332 g/mol. The molecule has 1 amide bonds. The van der Waals surface area contributed by atoms with Gasteiger partial charge < -0.3 is 10.0 Å². The molecule has 0 atom stereocenters. The van der Waals surface area contributed by atoms with Gasteiger partial charge in [-0.3, -0.25) is 14.9 Å². The summed E-state index contributed by atoms with van der Waals surface area (Å²) in [4.78, 5) is 35.4. The van der Waals surface area contributed by atoms with E-state index in [0.717, 1.165) is 11.8 Å². The minimum absolute atomic E-state index is 0.0515. The SMILES string of the molecule is CN(C(=O)CSc1ccccc1C(=O)O)c1ccc([N+](=O)[O-])cc1. The third-order valence-corrected chi connectivity index (χ3v) is 4.35. The third-order valence-electron chi connectivity index (χ3n) is 3.29. The Kier molecular flexibility index (Phi) is 5.54. The minimum Gasteiger partial charge on any atom is -0.478 e. The van der Waals surface area contributed by atoms with Crippen molar-refractivity contribution >= 4 is 35.0 Å². The van der Waals surface area contributed by atoms with E-state index in [1.165, 1.54) is 35.2 Å². The van der Waals surface area contributed by atoms with Crippen LogP contribution in [0.3, 0.4) is 0 Å². The summed E-state index contributed by atoms with van der Waals surface area (Å²) in [5.74, 6) is -1.24. The van der Waals surface area contributed by atoms with E-state index in [0.29, 0.717) is 10.6 Å². The summed E-state index contributed by atoms with van der Waals surface area (Å²) in [7, 11) is 1.56. The van der Waals surface area contributed by atoms with Crippen LogP contribution in [0.4, 0.5) is 11.4 Å². The zero-order valence-electron chi connectivity index (χ0n) is 12.7. The van der Waals surface area contributed by atoms with Crippen LogP contribution in [-0.2, 0) is 4.79 Å². The summed E-state index contributed by atoms with van der Waals surface area (Å²) >= 11 is 1.13. The average Bonchev–Trinajstić information content (AvgIpc) is 2.59. The molecule has 8 heteroatoms. The van der Waals surface area contributed by atoms with Gasteiger partial charge in [-0.1, -0.05) is 12.1 Å². The zero-order valence-corrected chi connectivity index (χ0v) is 13.5. The number of aromatic carboxylic acids is 1. The number of rotatable bonds is 6. The smallest absolute Gasteiger partial charge is 0.336 e.